The fraction of sp³-hybridized carbons (Fsp3) is 0.500. The maximum atomic E-state index is 12.8. The highest BCUT2D eigenvalue weighted by Crippen LogP contribution is 2.27. The molecule has 1 aliphatic heterocycles. The summed E-state index contributed by atoms with van der Waals surface area (Å²) in [7, 11) is -3.60. The van der Waals surface area contributed by atoms with Crippen LogP contribution in [0, 0.1) is 0 Å². The second-order valence-electron chi connectivity index (χ2n) is 5.22. The maximum absolute atomic E-state index is 12.8. The fourth-order valence-electron chi connectivity index (χ4n) is 2.61. The lowest BCUT2D eigenvalue weighted by atomic mass is 10.2. The fourth-order valence-corrected chi connectivity index (χ4v) is 4.30. The third-order valence-electron chi connectivity index (χ3n) is 3.82. The van der Waals surface area contributed by atoms with Crippen LogP contribution in [0.25, 0.3) is 11.0 Å². The van der Waals surface area contributed by atoms with Crippen molar-refractivity contribution in [2.45, 2.75) is 30.8 Å². The van der Waals surface area contributed by atoms with Crippen LogP contribution in [-0.4, -0.2) is 43.7 Å². The summed E-state index contributed by atoms with van der Waals surface area (Å²) in [5.41, 5.74) is 0.464. The minimum atomic E-state index is -3.60. The largest absolute Gasteiger partial charge is 0.377 e. The summed E-state index contributed by atoms with van der Waals surface area (Å²) in [6.07, 6.45) is 1.84. The van der Waals surface area contributed by atoms with Crippen LogP contribution < -0.4 is 0 Å². The van der Waals surface area contributed by atoms with E-state index < -0.39 is 10.0 Å². The monoisotopic (exact) mass is 344 g/mol. The molecule has 2 heterocycles. The molecule has 1 aliphatic rings. The molecule has 0 saturated carbocycles. The molecule has 22 heavy (non-hydrogen) atoms. The van der Waals surface area contributed by atoms with E-state index in [9.17, 15) is 8.42 Å². The summed E-state index contributed by atoms with van der Waals surface area (Å²) in [6, 6.07) is 4.58. The van der Waals surface area contributed by atoms with E-state index in [0.717, 1.165) is 12.8 Å². The average molecular weight is 345 g/mol. The molecular formula is C14H17ClN2O4S. The van der Waals surface area contributed by atoms with Gasteiger partial charge in [0.25, 0.3) is 0 Å². The van der Waals surface area contributed by atoms with E-state index in [0.29, 0.717) is 30.7 Å². The Hall–Kier alpha value is -1.15. The minimum absolute atomic E-state index is 0.0300. The molecule has 8 heteroatoms. The van der Waals surface area contributed by atoms with Crippen LogP contribution in [0.1, 0.15) is 19.8 Å². The molecule has 0 aliphatic carbocycles. The first kappa shape index (κ1) is 15.7. The first-order valence-corrected chi connectivity index (χ1v) is 9.01. The Bertz CT molecular complexity index is 768. The molecule has 0 N–H and O–H groups in total. The lowest BCUT2D eigenvalue weighted by molar-refractivity contribution is 0.0947. The zero-order valence-electron chi connectivity index (χ0n) is 12.2. The van der Waals surface area contributed by atoms with Crippen molar-refractivity contribution in [2.75, 3.05) is 19.7 Å². The van der Waals surface area contributed by atoms with E-state index in [4.69, 9.17) is 20.9 Å². The van der Waals surface area contributed by atoms with Gasteiger partial charge in [-0.15, -0.1) is 0 Å². The molecule has 1 unspecified atom stereocenters. The van der Waals surface area contributed by atoms with E-state index in [1.807, 2.05) is 6.92 Å². The van der Waals surface area contributed by atoms with Gasteiger partial charge in [0.05, 0.1) is 16.4 Å². The predicted octanol–water partition coefficient (Wildman–Crippen LogP) is 2.67. The third kappa shape index (κ3) is 2.86. The van der Waals surface area contributed by atoms with Crippen LogP contribution in [0.4, 0.5) is 0 Å². The SMILES string of the molecule is CCN(CC1CCCO1)S(=O)(=O)c1ccc2onc(Cl)c2c1. The Labute approximate surface area is 134 Å². The van der Waals surface area contributed by atoms with Gasteiger partial charge in [0.2, 0.25) is 10.0 Å². The number of ether oxygens (including phenoxy) is 1. The zero-order valence-corrected chi connectivity index (χ0v) is 13.7. The first-order chi connectivity index (χ1) is 10.5. The Morgan fingerprint density at radius 3 is 2.95 bits per heavy atom. The van der Waals surface area contributed by atoms with Crippen LogP contribution in [0.5, 0.6) is 0 Å². The second kappa shape index (κ2) is 6.16. The molecule has 3 rings (SSSR count). The van der Waals surface area contributed by atoms with Crippen molar-refractivity contribution < 1.29 is 17.7 Å². The molecule has 1 atom stereocenters. The summed E-state index contributed by atoms with van der Waals surface area (Å²) in [4.78, 5) is 0.185. The first-order valence-electron chi connectivity index (χ1n) is 7.19. The Balaban J connectivity index is 1.92. The normalized spacial score (nSPS) is 19.3. The van der Waals surface area contributed by atoms with Crippen molar-refractivity contribution in [1.29, 1.82) is 0 Å². The molecule has 120 valence electrons. The summed E-state index contributed by atoms with van der Waals surface area (Å²) in [5, 5.41) is 4.29. The molecule has 1 aromatic carbocycles. The second-order valence-corrected chi connectivity index (χ2v) is 7.52. The van der Waals surface area contributed by atoms with Crippen molar-refractivity contribution in [3.05, 3.63) is 23.4 Å². The number of sulfonamides is 1. The molecule has 1 fully saturated rings. The lowest BCUT2D eigenvalue weighted by Crippen LogP contribution is -2.37. The number of rotatable bonds is 5. The van der Waals surface area contributed by atoms with Crippen LogP contribution >= 0.6 is 11.6 Å². The van der Waals surface area contributed by atoms with Gasteiger partial charge < -0.3 is 9.26 Å². The molecular weight excluding hydrogens is 328 g/mol. The number of aromatic nitrogens is 1. The van der Waals surface area contributed by atoms with Crippen LogP contribution in [0.2, 0.25) is 5.15 Å². The maximum Gasteiger partial charge on any atom is 0.243 e. The van der Waals surface area contributed by atoms with E-state index >= 15 is 0 Å². The van der Waals surface area contributed by atoms with Gasteiger partial charge in [-0.05, 0) is 31.0 Å². The highest BCUT2D eigenvalue weighted by molar-refractivity contribution is 7.89. The van der Waals surface area contributed by atoms with E-state index in [-0.39, 0.29) is 16.2 Å². The molecule has 0 radical (unpaired) electrons. The van der Waals surface area contributed by atoms with Gasteiger partial charge in [-0.1, -0.05) is 23.7 Å². The summed E-state index contributed by atoms with van der Waals surface area (Å²) in [5.74, 6) is 0. The van der Waals surface area contributed by atoms with Gasteiger partial charge in [0.1, 0.15) is 0 Å². The van der Waals surface area contributed by atoms with Crippen molar-refractivity contribution in [2.24, 2.45) is 0 Å². The minimum Gasteiger partial charge on any atom is -0.377 e. The van der Waals surface area contributed by atoms with Crippen LogP contribution in [-0.2, 0) is 14.8 Å². The van der Waals surface area contributed by atoms with Crippen molar-refractivity contribution >= 4 is 32.6 Å². The topological polar surface area (TPSA) is 72.6 Å². The Morgan fingerprint density at radius 1 is 1.45 bits per heavy atom. The number of likely N-dealkylation sites (N-methyl/N-ethyl adjacent to an activating group) is 1. The number of nitrogens with zero attached hydrogens (tertiary/aromatic N) is 2. The van der Waals surface area contributed by atoms with Gasteiger partial charge >= 0.3 is 0 Å². The molecule has 0 spiro atoms. The average Bonchev–Trinajstić information content (AvgIpc) is 3.14. The van der Waals surface area contributed by atoms with E-state index in [1.54, 1.807) is 6.07 Å². The quantitative estimate of drug-likeness (QED) is 0.833. The molecule has 2 aromatic rings. The molecule has 6 nitrogen and oxygen atoms in total. The number of hydrogen-bond acceptors (Lipinski definition) is 5. The molecule has 1 aromatic heterocycles. The number of hydrogen-bond donors (Lipinski definition) is 0. The lowest BCUT2D eigenvalue weighted by Gasteiger charge is -2.23. The van der Waals surface area contributed by atoms with Crippen molar-refractivity contribution in [3.63, 3.8) is 0 Å². The molecule has 0 amide bonds. The van der Waals surface area contributed by atoms with Gasteiger partial charge in [-0.2, -0.15) is 4.31 Å². The standard InChI is InChI=1S/C14H17ClN2O4S/c1-2-17(9-10-4-3-7-20-10)22(18,19)11-5-6-13-12(8-11)14(15)16-21-13/h5-6,8,10H,2-4,7,9H2,1H3. The van der Waals surface area contributed by atoms with Crippen LogP contribution in [0.15, 0.2) is 27.6 Å². The van der Waals surface area contributed by atoms with Crippen LogP contribution in [0.3, 0.4) is 0 Å². The summed E-state index contributed by atoms with van der Waals surface area (Å²) in [6.45, 7) is 3.27. The van der Waals surface area contributed by atoms with Crippen molar-refractivity contribution in [1.82, 2.24) is 9.46 Å². The van der Waals surface area contributed by atoms with Gasteiger partial charge in [-0.25, -0.2) is 8.42 Å². The number of benzene rings is 1. The Kier molecular flexibility index (Phi) is 4.40. The molecule has 0 bridgehead atoms. The highest BCUT2D eigenvalue weighted by Gasteiger charge is 2.28. The van der Waals surface area contributed by atoms with E-state index in [2.05, 4.69) is 5.16 Å². The Morgan fingerprint density at radius 2 is 2.27 bits per heavy atom. The summed E-state index contributed by atoms with van der Waals surface area (Å²) < 4.78 is 37.6. The van der Waals surface area contributed by atoms with Gasteiger partial charge in [0, 0.05) is 19.7 Å². The van der Waals surface area contributed by atoms with E-state index in [1.165, 1.54) is 16.4 Å². The number of fused-ring (bicyclic) bond motifs is 1. The third-order valence-corrected chi connectivity index (χ3v) is 6.03. The van der Waals surface area contributed by atoms with Gasteiger partial charge in [-0.3, -0.25) is 0 Å². The molecule has 1 saturated heterocycles. The number of halogens is 1. The van der Waals surface area contributed by atoms with Gasteiger partial charge in [0.15, 0.2) is 10.7 Å². The zero-order chi connectivity index (χ0) is 15.7. The highest BCUT2D eigenvalue weighted by atomic mass is 35.5. The predicted molar refractivity (Wildman–Crippen MR) is 82.4 cm³/mol. The summed E-state index contributed by atoms with van der Waals surface area (Å²) >= 11 is 5.91. The van der Waals surface area contributed by atoms with Crippen molar-refractivity contribution in [3.8, 4) is 0 Å². The smallest absolute Gasteiger partial charge is 0.243 e.